The van der Waals surface area contributed by atoms with Gasteiger partial charge in [0, 0.05) is 0 Å². The largest absolute Gasteiger partial charge is 0.493 e. The minimum absolute atomic E-state index is 0.184. The van der Waals surface area contributed by atoms with Crippen LogP contribution in [0.25, 0.3) is 11.4 Å². The average Bonchev–Trinajstić information content (AvgIpc) is 3.00. The van der Waals surface area contributed by atoms with Crippen molar-refractivity contribution in [3.05, 3.63) is 24.1 Å². The van der Waals surface area contributed by atoms with Crippen molar-refractivity contribution in [3.8, 4) is 22.9 Å². The first-order valence-electron chi connectivity index (χ1n) is 6.98. The van der Waals surface area contributed by atoms with E-state index < -0.39 is 0 Å². The van der Waals surface area contributed by atoms with Crippen LogP contribution in [0.2, 0.25) is 0 Å². The molecule has 0 fully saturated rings. The second-order valence-electron chi connectivity index (χ2n) is 4.54. The lowest BCUT2D eigenvalue weighted by molar-refractivity contribution is 0.287. The molecular weight excluding hydrogens is 292 g/mol. The lowest BCUT2D eigenvalue weighted by atomic mass is 10.1. The monoisotopic (exact) mass is 310 g/mol. The third-order valence-corrected chi connectivity index (χ3v) is 3.25. The summed E-state index contributed by atoms with van der Waals surface area (Å²) in [6.07, 6.45) is 3.27. The number of halogens is 1. The SMILES string of the molecule is CCCCCOc1c(OC)cccc1-c1noc(CCl)n1. The van der Waals surface area contributed by atoms with Crippen LogP contribution in [0.1, 0.15) is 32.1 Å². The maximum atomic E-state index is 5.88. The van der Waals surface area contributed by atoms with Crippen molar-refractivity contribution in [2.24, 2.45) is 0 Å². The van der Waals surface area contributed by atoms with Gasteiger partial charge in [-0.1, -0.05) is 31.0 Å². The number of benzene rings is 1. The molecule has 0 aliphatic carbocycles. The van der Waals surface area contributed by atoms with Crippen LogP contribution >= 0.6 is 11.6 Å². The normalized spacial score (nSPS) is 10.6. The molecule has 1 aromatic carbocycles. The van der Waals surface area contributed by atoms with Gasteiger partial charge in [-0.15, -0.1) is 11.6 Å². The molecule has 0 bridgehead atoms. The van der Waals surface area contributed by atoms with Crippen LogP contribution in [0, 0.1) is 0 Å². The van der Waals surface area contributed by atoms with Crippen LogP contribution in [0.5, 0.6) is 11.5 Å². The molecular formula is C15H19ClN2O3. The van der Waals surface area contributed by atoms with Crippen molar-refractivity contribution in [1.82, 2.24) is 10.1 Å². The second-order valence-corrected chi connectivity index (χ2v) is 4.81. The minimum atomic E-state index is 0.184. The number of rotatable bonds is 8. The number of unbranched alkanes of at least 4 members (excludes halogenated alkanes) is 2. The van der Waals surface area contributed by atoms with E-state index in [0.29, 0.717) is 29.8 Å². The van der Waals surface area contributed by atoms with Crippen molar-refractivity contribution >= 4 is 11.6 Å². The van der Waals surface area contributed by atoms with Crippen molar-refractivity contribution in [2.75, 3.05) is 13.7 Å². The molecule has 0 saturated heterocycles. The van der Waals surface area contributed by atoms with Crippen molar-refractivity contribution < 1.29 is 14.0 Å². The zero-order chi connectivity index (χ0) is 15.1. The van der Waals surface area contributed by atoms with Gasteiger partial charge >= 0.3 is 0 Å². The molecule has 0 aliphatic heterocycles. The predicted molar refractivity (Wildman–Crippen MR) is 80.9 cm³/mol. The average molecular weight is 311 g/mol. The summed E-state index contributed by atoms with van der Waals surface area (Å²) in [6.45, 7) is 2.78. The summed E-state index contributed by atoms with van der Waals surface area (Å²) < 4.78 is 16.3. The van der Waals surface area contributed by atoms with E-state index in [1.165, 1.54) is 0 Å². The van der Waals surface area contributed by atoms with Crippen molar-refractivity contribution in [3.63, 3.8) is 0 Å². The van der Waals surface area contributed by atoms with Gasteiger partial charge in [-0.2, -0.15) is 4.98 Å². The van der Waals surface area contributed by atoms with E-state index in [1.807, 2.05) is 18.2 Å². The van der Waals surface area contributed by atoms with E-state index in [1.54, 1.807) is 7.11 Å². The molecule has 0 aliphatic rings. The zero-order valence-corrected chi connectivity index (χ0v) is 13.0. The second kappa shape index (κ2) is 7.88. The standard InChI is InChI=1S/C15H19ClN2O3/c1-3-4-5-9-20-14-11(7-6-8-12(14)19-2)15-17-13(10-16)21-18-15/h6-8H,3-5,9-10H2,1-2H3. The molecule has 2 rings (SSSR count). The first-order chi connectivity index (χ1) is 10.3. The van der Waals surface area contributed by atoms with E-state index in [9.17, 15) is 0 Å². The number of hydrogen-bond acceptors (Lipinski definition) is 5. The molecule has 5 nitrogen and oxygen atoms in total. The van der Waals surface area contributed by atoms with Crippen LogP contribution in [-0.4, -0.2) is 23.9 Å². The van der Waals surface area contributed by atoms with Gasteiger partial charge in [0.2, 0.25) is 11.7 Å². The Morgan fingerprint density at radius 2 is 2.14 bits per heavy atom. The Hall–Kier alpha value is -1.75. The summed E-state index contributed by atoms with van der Waals surface area (Å²) >= 11 is 5.69. The fourth-order valence-corrected chi connectivity index (χ4v) is 2.05. The summed E-state index contributed by atoms with van der Waals surface area (Å²) in [4.78, 5) is 4.23. The van der Waals surface area contributed by atoms with Gasteiger partial charge in [-0.25, -0.2) is 0 Å². The lowest BCUT2D eigenvalue weighted by Crippen LogP contribution is -2.01. The van der Waals surface area contributed by atoms with Crippen LogP contribution in [0.15, 0.2) is 22.7 Å². The fraction of sp³-hybridized carbons (Fsp3) is 0.467. The van der Waals surface area contributed by atoms with Gasteiger partial charge in [0.15, 0.2) is 11.5 Å². The van der Waals surface area contributed by atoms with Crippen LogP contribution in [0.3, 0.4) is 0 Å². The number of methoxy groups -OCH3 is 1. The van der Waals surface area contributed by atoms with E-state index in [2.05, 4.69) is 17.1 Å². The number of para-hydroxylation sites is 1. The highest BCUT2D eigenvalue weighted by Gasteiger charge is 2.17. The molecule has 1 heterocycles. The first-order valence-corrected chi connectivity index (χ1v) is 7.52. The summed E-state index contributed by atoms with van der Waals surface area (Å²) in [5.74, 6) is 2.31. The highest BCUT2D eigenvalue weighted by molar-refractivity contribution is 6.16. The quantitative estimate of drug-likeness (QED) is 0.544. The minimum Gasteiger partial charge on any atom is -0.493 e. The van der Waals surface area contributed by atoms with Gasteiger partial charge < -0.3 is 14.0 Å². The Bertz CT molecular complexity index is 572. The van der Waals surface area contributed by atoms with E-state index >= 15 is 0 Å². The van der Waals surface area contributed by atoms with E-state index in [0.717, 1.165) is 24.8 Å². The molecule has 21 heavy (non-hydrogen) atoms. The predicted octanol–water partition coefficient (Wildman–Crippen LogP) is 4.05. The number of alkyl halides is 1. The fourth-order valence-electron chi connectivity index (χ4n) is 1.95. The van der Waals surface area contributed by atoms with E-state index in [-0.39, 0.29) is 5.88 Å². The van der Waals surface area contributed by atoms with Gasteiger partial charge in [0.1, 0.15) is 5.88 Å². The molecule has 0 atom stereocenters. The highest BCUT2D eigenvalue weighted by Crippen LogP contribution is 2.37. The Labute approximate surface area is 129 Å². The van der Waals surface area contributed by atoms with Crippen LogP contribution < -0.4 is 9.47 Å². The third-order valence-electron chi connectivity index (χ3n) is 3.02. The van der Waals surface area contributed by atoms with Crippen molar-refractivity contribution in [2.45, 2.75) is 32.1 Å². The molecule has 0 amide bonds. The Morgan fingerprint density at radius 3 is 2.81 bits per heavy atom. The van der Waals surface area contributed by atoms with Gasteiger partial charge in [0.05, 0.1) is 19.3 Å². The summed E-state index contributed by atoms with van der Waals surface area (Å²) in [5.41, 5.74) is 0.742. The first kappa shape index (κ1) is 15.6. The summed E-state index contributed by atoms with van der Waals surface area (Å²) in [6, 6.07) is 5.59. The Balaban J connectivity index is 2.26. The topological polar surface area (TPSA) is 57.4 Å². The smallest absolute Gasteiger partial charge is 0.241 e. The Morgan fingerprint density at radius 1 is 1.29 bits per heavy atom. The van der Waals surface area contributed by atoms with Gasteiger partial charge in [-0.3, -0.25) is 0 Å². The maximum Gasteiger partial charge on any atom is 0.241 e. The van der Waals surface area contributed by atoms with Crippen LogP contribution in [-0.2, 0) is 5.88 Å². The molecule has 0 unspecified atom stereocenters. The lowest BCUT2D eigenvalue weighted by Gasteiger charge is -2.13. The zero-order valence-electron chi connectivity index (χ0n) is 12.3. The molecule has 0 N–H and O–H groups in total. The van der Waals surface area contributed by atoms with Gasteiger partial charge in [-0.05, 0) is 18.6 Å². The molecule has 6 heteroatoms. The van der Waals surface area contributed by atoms with Gasteiger partial charge in [0.25, 0.3) is 0 Å². The third kappa shape index (κ3) is 3.88. The Kier molecular flexibility index (Phi) is 5.87. The van der Waals surface area contributed by atoms with E-state index in [4.69, 9.17) is 25.6 Å². The molecule has 0 saturated carbocycles. The molecule has 0 spiro atoms. The molecule has 2 aromatic rings. The molecule has 114 valence electrons. The highest BCUT2D eigenvalue weighted by atomic mass is 35.5. The maximum absolute atomic E-state index is 5.88. The van der Waals surface area contributed by atoms with Crippen LogP contribution in [0.4, 0.5) is 0 Å². The number of aromatic nitrogens is 2. The number of hydrogen-bond donors (Lipinski definition) is 0. The molecule has 0 radical (unpaired) electrons. The summed E-state index contributed by atoms with van der Waals surface area (Å²) in [7, 11) is 1.61. The number of nitrogens with zero attached hydrogens (tertiary/aromatic N) is 2. The number of ether oxygens (including phenoxy) is 2. The van der Waals surface area contributed by atoms with Crippen molar-refractivity contribution in [1.29, 1.82) is 0 Å². The summed E-state index contributed by atoms with van der Waals surface area (Å²) in [5, 5.41) is 3.93. The molecule has 1 aromatic heterocycles.